The van der Waals surface area contributed by atoms with E-state index >= 15 is 0 Å². The number of hydrogen-bond donors (Lipinski definition) is 1. The van der Waals surface area contributed by atoms with Crippen LogP contribution in [-0.2, 0) is 0 Å². The van der Waals surface area contributed by atoms with Crippen LogP contribution in [0, 0.1) is 5.82 Å². The van der Waals surface area contributed by atoms with Crippen molar-refractivity contribution in [2.75, 3.05) is 12.4 Å². The molecule has 0 saturated heterocycles. The second kappa shape index (κ2) is 7.32. The van der Waals surface area contributed by atoms with Gasteiger partial charge in [-0.25, -0.2) is 9.37 Å². The van der Waals surface area contributed by atoms with E-state index < -0.39 is 11.7 Å². The molecule has 0 bridgehead atoms. The van der Waals surface area contributed by atoms with Crippen molar-refractivity contribution in [1.82, 2.24) is 4.98 Å². The third-order valence-electron chi connectivity index (χ3n) is 4.17. The van der Waals surface area contributed by atoms with E-state index in [1.807, 2.05) is 24.3 Å². The van der Waals surface area contributed by atoms with Gasteiger partial charge in [0, 0.05) is 17.3 Å². The minimum Gasteiger partial charge on any atom is -0.497 e. The molecule has 28 heavy (non-hydrogen) atoms. The number of fused-ring (bicyclic) bond motifs is 1. The van der Waals surface area contributed by atoms with Gasteiger partial charge in [-0.1, -0.05) is 17.7 Å². The number of amides is 1. The van der Waals surface area contributed by atoms with E-state index in [0.29, 0.717) is 22.7 Å². The van der Waals surface area contributed by atoms with Gasteiger partial charge in [-0.2, -0.15) is 0 Å². The number of methoxy groups -OCH3 is 1. The van der Waals surface area contributed by atoms with Gasteiger partial charge in [0.1, 0.15) is 17.1 Å². The van der Waals surface area contributed by atoms with E-state index in [9.17, 15) is 9.18 Å². The molecule has 0 atom stereocenters. The second-order valence-corrected chi connectivity index (χ2v) is 6.39. The molecule has 3 aromatic carbocycles. The lowest BCUT2D eigenvalue weighted by molar-refractivity contribution is 0.102. The third kappa shape index (κ3) is 3.42. The fourth-order valence-electron chi connectivity index (χ4n) is 2.77. The highest BCUT2D eigenvalue weighted by Gasteiger charge is 2.16. The largest absolute Gasteiger partial charge is 0.497 e. The summed E-state index contributed by atoms with van der Waals surface area (Å²) in [5, 5.41) is 2.67. The summed E-state index contributed by atoms with van der Waals surface area (Å²) in [6.45, 7) is 0. The highest BCUT2D eigenvalue weighted by molar-refractivity contribution is 6.34. The summed E-state index contributed by atoms with van der Waals surface area (Å²) in [5.41, 5.74) is 2.15. The first-order valence-electron chi connectivity index (χ1n) is 8.35. The normalized spacial score (nSPS) is 10.8. The van der Waals surface area contributed by atoms with Crippen molar-refractivity contribution in [3.8, 4) is 17.2 Å². The number of anilines is 1. The number of nitrogens with one attached hydrogen (secondary N) is 1. The number of carbonyl (C=O) groups excluding carboxylic acids is 1. The summed E-state index contributed by atoms with van der Waals surface area (Å²) in [6, 6.07) is 16.4. The predicted molar refractivity (Wildman–Crippen MR) is 105 cm³/mol. The number of oxazole rings is 1. The SMILES string of the molecule is COc1ccc(-c2nc3ccc(NC(=O)c4c(F)cccc4Cl)cc3o2)cc1. The Kier molecular flexibility index (Phi) is 4.71. The van der Waals surface area contributed by atoms with Gasteiger partial charge in [-0.05, 0) is 48.5 Å². The number of hydrogen-bond acceptors (Lipinski definition) is 4. The Morgan fingerprint density at radius 1 is 1.14 bits per heavy atom. The van der Waals surface area contributed by atoms with Crippen LogP contribution < -0.4 is 10.1 Å². The van der Waals surface area contributed by atoms with Gasteiger partial charge >= 0.3 is 0 Å². The topological polar surface area (TPSA) is 64.4 Å². The van der Waals surface area contributed by atoms with Gasteiger partial charge in [0.05, 0.1) is 17.7 Å². The average Bonchev–Trinajstić information content (AvgIpc) is 3.11. The van der Waals surface area contributed by atoms with Gasteiger partial charge in [0.2, 0.25) is 5.89 Å². The molecular weight excluding hydrogens is 383 g/mol. The molecule has 1 aromatic heterocycles. The molecule has 0 radical (unpaired) electrons. The maximum Gasteiger partial charge on any atom is 0.260 e. The summed E-state index contributed by atoms with van der Waals surface area (Å²) in [6.07, 6.45) is 0. The number of benzene rings is 3. The van der Waals surface area contributed by atoms with Crippen LogP contribution in [0.1, 0.15) is 10.4 Å². The molecule has 0 aliphatic carbocycles. The Morgan fingerprint density at radius 3 is 2.64 bits per heavy atom. The number of halogens is 2. The maximum atomic E-state index is 13.9. The zero-order valence-electron chi connectivity index (χ0n) is 14.7. The van der Waals surface area contributed by atoms with Gasteiger partial charge in [0.15, 0.2) is 5.58 Å². The van der Waals surface area contributed by atoms with Crippen molar-refractivity contribution in [2.24, 2.45) is 0 Å². The fraction of sp³-hybridized carbons (Fsp3) is 0.0476. The molecule has 0 unspecified atom stereocenters. The van der Waals surface area contributed by atoms with Crippen LogP contribution in [0.4, 0.5) is 10.1 Å². The van der Waals surface area contributed by atoms with Crippen molar-refractivity contribution >= 4 is 34.3 Å². The van der Waals surface area contributed by atoms with E-state index in [1.54, 1.807) is 25.3 Å². The van der Waals surface area contributed by atoms with Crippen molar-refractivity contribution < 1.29 is 18.3 Å². The highest BCUT2D eigenvalue weighted by Crippen LogP contribution is 2.28. The lowest BCUT2D eigenvalue weighted by Gasteiger charge is -2.07. The molecule has 0 aliphatic heterocycles. The van der Waals surface area contributed by atoms with Crippen LogP contribution in [0.3, 0.4) is 0 Å². The van der Waals surface area contributed by atoms with E-state index in [-0.39, 0.29) is 10.6 Å². The van der Waals surface area contributed by atoms with Crippen LogP contribution in [0.15, 0.2) is 65.1 Å². The number of aromatic nitrogens is 1. The van der Waals surface area contributed by atoms with E-state index in [2.05, 4.69) is 10.3 Å². The number of rotatable bonds is 4. The second-order valence-electron chi connectivity index (χ2n) is 5.98. The molecule has 1 N–H and O–H groups in total. The summed E-state index contributed by atoms with van der Waals surface area (Å²) in [7, 11) is 1.60. The first kappa shape index (κ1) is 18.0. The lowest BCUT2D eigenvalue weighted by Crippen LogP contribution is -2.14. The Morgan fingerprint density at radius 2 is 1.93 bits per heavy atom. The molecule has 7 heteroatoms. The van der Waals surface area contributed by atoms with Crippen molar-refractivity contribution in [3.63, 3.8) is 0 Å². The third-order valence-corrected chi connectivity index (χ3v) is 4.49. The van der Waals surface area contributed by atoms with Crippen LogP contribution in [0.2, 0.25) is 5.02 Å². The predicted octanol–water partition coefficient (Wildman–Crippen LogP) is 5.55. The molecule has 0 saturated carbocycles. The first-order valence-corrected chi connectivity index (χ1v) is 8.73. The number of nitrogens with zero attached hydrogens (tertiary/aromatic N) is 1. The summed E-state index contributed by atoms with van der Waals surface area (Å²) in [4.78, 5) is 16.8. The van der Waals surface area contributed by atoms with Crippen LogP contribution in [-0.4, -0.2) is 18.0 Å². The monoisotopic (exact) mass is 396 g/mol. The maximum absolute atomic E-state index is 13.9. The summed E-state index contributed by atoms with van der Waals surface area (Å²) in [5.74, 6) is -0.153. The zero-order valence-corrected chi connectivity index (χ0v) is 15.5. The quantitative estimate of drug-likeness (QED) is 0.491. The Labute approximate surface area is 164 Å². The molecule has 4 aromatic rings. The van der Waals surface area contributed by atoms with Gasteiger partial charge in [0.25, 0.3) is 5.91 Å². The minimum absolute atomic E-state index is 0.0417. The molecule has 0 fully saturated rings. The summed E-state index contributed by atoms with van der Waals surface area (Å²) < 4.78 is 24.9. The zero-order chi connectivity index (χ0) is 19.7. The van der Waals surface area contributed by atoms with Gasteiger partial charge in [-0.15, -0.1) is 0 Å². The minimum atomic E-state index is -0.687. The highest BCUT2D eigenvalue weighted by atomic mass is 35.5. The molecule has 5 nitrogen and oxygen atoms in total. The van der Waals surface area contributed by atoms with Crippen molar-refractivity contribution in [2.45, 2.75) is 0 Å². The van der Waals surface area contributed by atoms with E-state index in [1.165, 1.54) is 18.2 Å². The fourth-order valence-corrected chi connectivity index (χ4v) is 3.02. The molecule has 0 aliphatic rings. The molecular formula is C21H14ClFN2O3. The smallest absolute Gasteiger partial charge is 0.260 e. The van der Waals surface area contributed by atoms with E-state index in [4.69, 9.17) is 20.8 Å². The standard InChI is InChI=1S/C21H14ClFN2O3/c1-27-14-8-5-12(6-9-14)21-25-17-10-7-13(11-18(17)28-21)24-20(26)19-15(22)3-2-4-16(19)23/h2-11H,1H3,(H,24,26). The molecule has 1 heterocycles. The molecule has 1 amide bonds. The average molecular weight is 397 g/mol. The van der Waals surface area contributed by atoms with Crippen molar-refractivity contribution in [1.29, 1.82) is 0 Å². The van der Waals surface area contributed by atoms with Crippen molar-refractivity contribution in [3.05, 3.63) is 77.1 Å². The molecule has 140 valence electrons. The van der Waals surface area contributed by atoms with Crippen LogP contribution in [0.5, 0.6) is 5.75 Å². The lowest BCUT2D eigenvalue weighted by atomic mass is 10.2. The molecule has 0 spiro atoms. The number of ether oxygens (including phenoxy) is 1. The first-order chi connectivity index (χ1) is 13.5. The van der Waals surface area contributed by atoms with Gasteiger partial charge in [-0.3, -0.25) is 4.79 Å². The summed E-state index contributed by atoms with van der Waals surface area (Å²) >= 11 is 5.94. The Hall–Kier alpha value is -3.38. The van der Waals surface area contributed by atoms with Gasteiger partial charge < -0.3 is 14.5 Å². The van der Waals surface area contributed by atoms with E-state index in [0.717, 1.165) is 11.3 Å². The Balaban J connectivity index is 1.62. The van der Waals surface area contributed by atoms with Crippen LogP contribution >= 0.6 is 11.6 Å². The van der Waals surface area contributed by atoms with Crippen LogP contribution in [0.25, 0.3) is 22.6 Å². The molecule has 4 rings (SSSR count). The Bertz CT molecular complexity index is 1150. The number of carbonyl (C=O) groups is 1.